The van der Waals surface area contributed by atoms with Crippen LogP contribution in [0, 0.1) is 0 Å². The van der Waals surface area contributed by atoms with Crippen molar-refractivity contribution in [3.63, 3.8) is 0 Å². The Labute approximate surface area is 158 Å². The molecule has 150 valence electrons. The van der Waals surface area contributed by atoms with Crippen LogP contribution in [0.4, 0.5) is 10.6 Å². The normalized spacial score (nSPS) is 16.1. The van der Waals surface area contributed by atoms with E-state index in [4.69, 9.17) is 14.2 Å². The topological polar surface area (TPSA) is 101 Å². The minimum absolute atomic E-state index is 0.142. The molecule has 0 saturated carbocycles. The van der Waals surface area contributed by atoms with Crippen molar-refractivity contribution in [2.24, 2.45) is 0 Å². The quantitative estimate of drug-likeness (QED) is 0.619. The number of aliphatic hydroxyl groups excluding tert-OH is 1. The highest BCUT2D eigenvalue weighted by atomic mass is 16.6. The van der Waals surface area contributed by atoms with Gasteiger partial charge in [-0.05, 0) is 26.8 Å². The van der Waals surface area contributed by atoms with Crippen molar-refractivity contribution < 1.29 is 28.9 Å². The molecule has 2 rings (SSSR count). The van der Waals surface area contributed by atoms with Crippen LogP contribution < -0.4 is 4.90 Å². The number of nitrogens with zero attached hydrogens (tertiary/aromatic N) is 3. The maximum Gasteiger partial charge on any atom is 0.410 e. The van der Waals surface area contributed by atoms with E-state index >= 15 is 0 Å². The zero-order valence-electron chi connectivity index (χ0n) is 16.4. The van der Waals surface area contributed by atoms with Crippen LogP contribution in [-0.4, -0.2) is 73.1 Å². The molecule has 1 aromatic heterocycles. The summed E-state index contributed by atoms with van der Waals surface area (Å²) in [5, 5.41) is 10.1. The fraction of sp³-hybridized carbons (Fsp3) is 0.611. The van der Waals surface area contributed by atoms with Crippen LogP contribution in [0.15, 0.2) is 12.3 Å². The second-order valence-electron chi connectivity index (χ2n) is 7.16. The maximum absolute atomic E-state index is 12.2. The number of rotatable bonds is 4. The Kier molecular flexibility index (Phi) is 6.61. The van der Waals surface area contributed by atoms with Crippen molar-refractivity contribution in [1.29, 1.82) is 0 Å². The van der Waals surface area contributed by atoms with Gasteiger partial charge < -0.3 is 29.1 Å². The van der Waals surface area contributed by atoms with Crippen LogP contribution in [0.25, 0.3) is 0 Å². The van der Waals surface area contributed by atoms with Crippen LogP contribution in [0.2, 0.25) is 0 Å². The first-order valence-corrected chi connectivity index (χ1v) is 8.68. The van der Waals surface area contributed by atoms with E-state index in [-0.39, 0.29) is 17.2 Å². The number of pyridine rings is 1. The highest BCUT2D eigenvalue weighted by Gasteiger charge is 2.27. The van der Waals surface area contributed by atoms with Crippen LogP contribution in [0.3, 0.4) is 0 Å². The predicted octanol–water partition coefficient (Wildman–Crippen LogP) is 1.56. The number of ether oxygens (including phenoxy) is 3. The van der Waals surface area contributed by atoms with E-state index in [1.807, 2.05) is 25.7 Å². The minimum Gasteiger partial charge on any atom is -0.465 e. The second kappa shape index (κ2) is 8.53. The summed E-state index contributed by atoms with van der Waals surface area (Å²) < 4.78 is 15.1. The summed E-state index contributed by atoms with van der Waals surface area (Å²) >= 11 is 0. The zero-order valence-corrected chi connectivity index (χ0v) is 16.4. The van der Waals surface area contributed by atoms with Crippen molar-refractivity contribution in [3.05, 3.63) is 23.4 Å². The molecule has 1 aliphatic heterocycles. The molecule has 0 bridgehead atoms. The number of carbonyl (C=O) groups excluding carboxylic acids is 2. The third kappa shape index (κ3) is 5.30. The van der Waals surface area contributed by atoms with E-state index in [0.717, 1.165) is 0 Å². The number of carbonyl (C=O) groups is 2. The average Bonchev–Trinajstić information content (AvgIpc) is 2.65. The lowest BCUT2D eigenvalue weighted by molar-refractivity contribution is -0.0775. The molecule has 0 aromatic carbocycles. The molecule has 0 spiro atoms. The van der Waals surface area contributed by atoms with Gasteiger partial charge in [0.15, 0.2) is 6.29 Å². The molecule has 1 N–H and O–H groups in total. The van der Waals surface area contributed by atoms with E-state index in [9.17, 15) is 14.7 Å². The van der Waals surface area contributed by atoms with Crippen LogP contribution in [0.1, 0.15) is 43.0 Å². The van der Waals surface area contributed by atoms with E-state index in [2.05, 4.69) is 4.98 Å². The number of anilines is 1. The molecule has 1 amide bonds. The molecule has 1 aromatic rings. The van der Waals surface area contributed by atoms with Gasteiger partial charge in [-0.3, -0.25) is 0 Å². The number of aliphatic hydroxyl groups is 1. The molecule has 1 atom stereocenters. The summed E-state index contributed by atoms with van der Waals surface area (Å²) in [6.45, 7) is 7.55. The largest absolute Gasteiger partial charge is 0.465 e. The van der Waals surface area contributed by atoms with Crippen LogP contribution in [0.5, 0.6) is 0 Å². The molecule has 9 nitrogen and oxygen atoms in total. The third-order valence-corrected chi connectivity index (χ3v) is 4.07. The SMILES string of the molecule is COC(=O)c1cnc(N2CCN(C(=O)OC(C)(C)C)CC2)cc1C(O)OC. The van der Waals surface area contributed by atoms with Gasteiger partial charge in [0.2, 0.25) is 0 Å². The summed E-state index contributed by atoms with van der Waals surface area (Å²) in [6.07, 6.45) is -0.255. The number of piperazine rings is 1. The first-order chi connectivity index (χ1) is 12.7. The van der Waals surface area contributed by atoms with Gasteiger partial charge in [0, 0.05) is 45.0 Å². The van der Waals surface area contributed by atoms with Gasteiger partial charge in [-0.25, -0.2) is 14.6 Å². The lowest BCUT2D eigenvalue weighted by Gasteiger charge is -2.36. The molecular weight excluding hydrogens is 354 g/mol. The van der Waals surface area contributed by atoms with Crippen LogP contribution >= 0.6 is 0 Å². The Balaban J connectivity index is 2.11. The van der Waals surface area contributed by atoms with Crippen molar-refractivity contribution in [2.45, 2.75) is 32.7 Å². The lowest BCUT2D eigenvalue weighted by atomic mass is 10.1. The van der Waals surface area contributed by atoms with E-state index in [0.29, 0.717) is 32.0 Å². The Morgan fingerprint density at radius 2 is 1.81 bits per heavy atom. The summed E-state index contributed by atoms with van der Waals surface area (Å²) in [7, 11) is 2.60. The fourth-order valence-electron chi connectivity index (χ4n) is 2.69. The Bertz CT molecular complexity index is 680. The minimum atomic E-state index is -1.27. The third-order valence-electron chi connectivity index (χ3n) is 4.07. The predicted molar refractivity (Wildman–Crippen MR) is 97.6 cm³/mol. The lowest BCUT2D eigenvalue weighted by Crippen LogP contribution is -2.50. The van der Waals surface area contributed by atoms with Gasteiger partial charge >= 0.3 is 12.1 Å². The Hall–Kier alpha value is -2.39. The van der Waals surface area contributed by atoms with Crippen molar-refractivity contribution >= 4 is 17.9 Å². The van der Waals surface area contributed by atoms with Gasteiger partial charge in [-0.2, -0.15) is 0 Å². The number of amides is 1. The Morgan fingerprint density at radius 1 is 1.19 bits per heavy atom. The smallest absolute Gasteiger partial charge is 0.410 e. The van der Waals surface area contributed by atoms with Gasteiger partial charge in [-0.1, -0.05) is 0 Å². The highest BCUT2D eigenvalue weighted by molar-refractivity contribution is 5.91. The molecule has 0 aliphatic carbocycles. The van der Waals surface area contributed by atoms with E-state index in [1.165, 1.54) is 20.4 Å². The van der Waals surface area contributed by atoms with Crippen molar-refractivity contribution in [2.75, 3.05) is 45.3 Å². The summed E-state index contributed by atoms with van der Waals surface area (Å²) in [6, 6.07) is 1.60. The summed E-state index contributed by atoms with van der Waals surface area (Å²) in [5.74, 6) is -0.0208. The number of hydrogen-bond acceptors (Lipinski definition) is 8. The summed E-state index contributed by atoms with van der Waals surface area (Å²) in [4.78, 5) is 32.0. The fourth-order valence-corrected chi connectivity index (χ4v) is 2.69. The molecule has 1 saturated heterocycles. The molecule has 27 heavy (non-hydrogen) atoms. The molecule has 1 fully saturated rings. The molecular formula is C18H27N3O6. The van der Waals surface area contributed by atoms with Crippen molar-refractivity contribution in [1.82, 2.24) is 9.88 Å². The number of aromatic nitrogens is 1. The van der Waals surface area contributed by atoms with Crippen molar-refractivity contribution in [3.8, 4) is 0 Å². The number of hydrogen-bond donors (Lipinski definition) is 1. The zero-order chi connectivity index (χ0) is 20.2. The highest BCUT2D eigenvalue weighted by Crippen LogP contribution is 2.25. The number of esters is 1. The standard InChI is InChI=1S/C18H27N3O6/c1-18(2,3)27-17(24)21-8-6-20(7-9-21)14-10-12(15(22)25-4)13(11-19-14)16(23)26-5/h10-11,15,22H,6-9H2,1-5H3. The van der Waals surface area contributed by atoms with Crippen LogP contribution in [-0.2, 0) is 14.2 Å². The van der Waals surface area contributed by atoms with Gasteiger partial charge in [-0.15, -0.1) is 0 Å². The monoisotopic (exact) mass is 381 g/mol. The average molecular weight is 381 g/mol. The molecule has 1 aliphatic rings. The second-order valence-corrected chi connectivity index (χ2v) is 7.16. The Morgan fingerprint density at radius 3 is 2.33 bits per heavy atom. The molecule has 9 heteroatoms. The maximum atomic E-state index is 12.2. The molecule has 2 heterocycles. The first-order valence-electron chi connectivity index (χ1n) is 8.68. The number of methoxy groups -OCH3 is 2. The van der Waals surface area contributed by atoms with Gasteiger partial charge in [0.25, 0.3) is 0 Å². The van der Waals surface area contributed by atoms with E-state index in [1.54, 1.807) is 11.0 Å². The van der Waals surface area contributed by atoms with Gasteiger partial charge in [0.1, 0.15) is 11.4 Å². The van der Waals surface area contributed by atoms with Gasteiger partial charge in [0.05, 0.1) is 12.7 Å². The molecule has 0 radical (unpaired) electrons. The first kappa shape index (κ1) is 20.9. The van der Waals surface area contributed by atoms with E-state index < -0.39 is 17.9 Å². The summed E-state index contributed by atoms with van der Waals surface area (Å²) in [5.41, 5.74) is -0.114. The molecule has 1 unspecified atom stereocenters.